The van der Waals surface area contributed by atoms with E-state index in [1.165, 1.54) is 0 Å². The molecule has 5 heteroatoms. The number of amides is 1. The third kappa shape index (κ3) is 5.25. The molecule has 2 N–H and O–H groups in total. The number of aromatic nitrogens is 1. The van der Waals surface area contributed by atoms with Crippen LogP contribution in [0.3, 0.4) is 0 Å². The first-order chi connectivity index (χ1) is 10.1. The molecule has 110 valence electrons. The fourth-order valence-electron chi connectivity index (χ4n) is 1.87. The molecule has 21 heavy (non-hydrogen) atoms. The van der Waals surface area contributed by atoms with E-state index < -0.39 is 0 Å². The Bertz CT molecular complexity index is 578. The van der Waals surface area contributed by atoms with Gasteiger partial charge in [0, 0.05) is 19.3 Å². The van der Waals surface area contributed by atoms with Gasteiger partial charge in [-0.25, -0.2) is 4.98 Å². The van der Waals surface area contributed by atoms with Gasteiger partial charge in [-0.2, -0.15) is 5.26 Å². The van der Waals surface area contributed by atoms with E-state index in [1.54, 1.807) is 23.2 Å². The minimum absolute atomic E-state index is 0.194. The highest BCUT2D eigenvalue weighted by molar-refractivity contribution is 5.94. The Hall–Kier alpha value is -2.37. The Morgan fingerprint density at radius 2 is 2.29 bits per heavy atom. The molecule has 1 heterocycles. The summed E-state index contributed by atoms with van der Waals surface area (Å²) in [5, 5.41) is 8.73. The zero-order valence-corrected chi connectivity index (χ0v) is 12.5. The first-order valence-corrected chi connectivity index (χ1v) is 6.90. The summed E-state index contributed by atoms with van der Waals surface area (Å²) in [7, 11) is 0. The molecule has 1 aromatic heterocycles. The quantitative estimate of drug-likeness (QED) is 0.829. The second kappa shape index (κ2) is 8.73. The number of pyridine rings is 1. The Morgan fingerprint density at radius 1 is 1.52 bits per heavy atom. The van der Waals surface area contributed by atoms with Crippen LogP contribution in [-0.4, -0.2) is 35.4 Å². The summed E-state index contributed by atoms with van der Waals surface area (Å²) >= 11 is 0. The number of hydrogen-bond donors (Lipinski definition) is 1. The lowest BCUT2D eigenvalue weighted by molar-refractivity contribution is 0.0733. The third-order valence-corrected chi connectivity index (χ3v) is 2.70. The molecule has 0 spiro atoms. The van der Waals surface area contributed by atoms with Crippen LogP contribution in [0.25, 0.3) is 0 Å². The molecule has 1 amide bonds. The molecule has 0 unspecified atom stereocenters. The highest BCUT2D eigenvalue weighted by atomic mass is 16.2. The summed E-state index contributed by atoms with van der Waals surface area (Å²) in [6.45, 7) is 5.27. The highest BCUT2D eigenvalue weighted by Crippen LogP contribution is 2.10. The van der Waals surface area contributed by atoms with Crippen molar-refractivity contribution in [3.05, 3.63) is 29.6 Å². The van der Waals surface area contributed by atoms with E-state index in [-0.39, 0.29) is 12.5 Å². The van der Waals surface area contributed by atoms with Crippen LogP contribution in [0.1, 0.15) is 36.3 Å². The molecular formula is C16H20N4O. The van der Waals surface area contributed by atoms with Gasteiger partial charge in [0.15, 0.2) is 0 Å². The average Bonchev–Trinajstić information content (AvgIpc) is 2.48. The fraction of sp³-hybridized carbons (Fsp3) is 0.438. The summed E-state index contributed by atoms with van der Waals surface area (Å²) in [6, 6.07) is 5.55. The van der Waals surface area contributed by atoms with Gasteiger partial charge >= 0.3 is 0 Å². The largest absolute Gasteiger partial charge is 0.336 e. The fourth-order valence-corrected chi connectivity index (χ4v) is 1.87. The Morgan fingerprint density at radius 3 is 2.90 bits per heavy atom. The molecule has 0 radical (unpaired) electrons. The predicted octanol–water partition coefficient (Wildman–Crippen LogP) is 1.40. The van der Waals surface area contributed by atoms with Crippen molar-refractivity contribution >= 4 is 5.91 Å². The number of nitrogens with two attached hydrogens (primary N) is 1. The smallest absolute Gasteiger partial charge is 0.273 e. The van der Waals surface area contributed by atoms with Crippen LogP contribution in [0, 0.1) is 29.1 Å². The maximum atomic E-state index is 12.6. The van der Waals surface area contributed by atoms with E-state index in [2.05, 4.69) is 22.9 Å². The molecule has 0 aromatic carbocycles. The number of carbonyl (C=O) groups excluding carboxylic acids is 1. The van der Waals surface area contributed by atoms with Crippen molar-refractivity contribution in [3.63, 3.8) is 0 Å². The molecule has 0 fully saturated rings. The lowest BCUT2D eigenvalue weighted by Gasteiger charge is -2.23. The monoisotopic (exact) mass is 284 g/mol. The summed E-state index contributed by atoms with van der Waals surface area (Å²) < 4.78 is 0. The number of carbonyl (C=O) groups is 1. The van der Waals surface area contributed by atoms with Gasteiger partial charge in [0.05, 0.1) is 24.6 Å². The van der Waals surface area contributed by atoms with Crippen molar-refractivity contribution in [2.75, 3.05) is 19.6 Å². The second-order valence-corrected chi connectivity index (χ2v) is 4.96. The van der Waals surface area contributed by atoms with E-state index in [4.69, 9.17) is 11.0 Å². The van der Waals surface area contributed by atoms with Gasteiger partial charge in [-0.05, 0) is 18.1 Å². The van der Waals surface area contributed by atoms with E-state index >= 15 is 0 Å². The minimum Gasteiger partial charge on any atom is -0.336 e. The molecule has 0 saturated heterocycles. The third-order valence-electron chi connectivity index (χ3n) is 2.70. The minimum atomic E-state index is -0.194. The SMILES string of the molecule is CC(C)CN(CCC#N)C(=O)c1ncccc1C#CCN. The summed E-state index contributed by atoms with van der Waals surface area (Å²) in [5.74, 6) is 5.73. The molecule has 0 aliphatic carbocycles. The first-order valence-electron chi connectivity index (χ1n) is 6.90. The molecular weight excluding hydrogens is 264 g/mol. The maximum absolute atomic E-state index is 12.6. The highest BCUT2D eigenvalue weighted by Gasteiger charge is 2.20. The Kier molecular flexibility index (Phi) is 6.94. The van der Waals surface area contributed by atoms with Crippen molar-refractivity contribution < 1.29 is 4.79 Å². The van der Waals surface area contributed by atoms with Crippen LogP contribution in [0.15, 0.2) is 18.3 Å². The zero-order valence-electron chi connectivity index (χ0n) is 12.5. The topological polar surface area (TPSA) is 83.0 Å². The van der Waals surface area contributed by atoms with Crippen LogP contribution < -0.4 is 5.73 Å². The van der Waals surface area contributed by atoms with E-state index in [0.717, 1.165) is 0 Å². The molecule has 1 aromatic rings. The van der Waals surface area contributed by atoms with E-state index in [1.807, 2.05) is 13.8 Å². The normalized spacial score (nSPS) is 9.67. The number of nitrogens with zero attached hydrogens (tertiary/aromatic N) is 3. The standard InChI is InChI=1S/C16H20N4O/c1-13(2)12-20(11-5-9-18)16(21)15-14(6-3-8-17)7-4-10-19-15/h4,7,10,13H,5,8,11-12,17H2,1-2H3. The van der Waals surface area contributed by atoms with Gasteiger partial charge in [0.25, 0.3) is 5.91 Å². The first kappa shape index (κ1) is 16.7. The molecule has 0 saturated carbocycles. The van der Waals surface area contributed by atoms with Crippen LogP contribution >= 0.6 is 0 Å². The number of hydrogen-bond acceptors (Lipinski definition) is 4. The number of rotatable bonds is 5. The van der Waals surface area contributed by atoms with Gasteiger partial charge in [-0.1, -0.05) is 25.7 Å². The van der Waals surface area contributed by atoms with Crippen molar-refractivity contribution in [2.24, 2.45) is 11.7 Å². The van der Waals surface area contributed by atoms with Gasteiger partial charge in [-0.15, -0.1) is 0 Å². The molecule has 0 aliphatic heterocycles. The second-order valence-electron chi connectivity index (χ2n) is 4.96. The predicted molar refractivity (Wildman–Crippen MR) is 81.1 cm³/mol. The number of nitriles is 1. The van der Waals surface area contributed by atoms with Crippen molar-refractivity contribution in [1.82, 2.24) is 9.88 Å². The summed E-state index contributed by atoms with van der Waals surface area (Å²) in [5.41, 5.74) is 6.25. The van der Waals surface area contributed by atoms with Gasteiger partial charge in [0.1, 0.15) is 5.69 Å². The molecule has 5 nitrogen and oxygen atoms in total. The van der Waals surface area contributed by atoms with Gasteiger partial charge in [0.2, 0.25) is 0 Å². The van der Waals surface area contributed by atoms with Gasteiger partial charge < -0.3 is 10.6 Å². The van der Waals surface area contributed by atoms with Crippen molar-refractivity contribution in [2.45, 2.75) is 20.3 Å². The van der Waals surface area contributed by atoms with Crippen LogP contribution in [0.4, 0.5) is 0 Å². The zero-order chi connectivity index (χ0) is 15.7. The summed E-state index contributed by atoms with van der Waals surface area (Å²) in [4.78, 5) is 18.4. The van der Waals surface area contributed by atoms with E-state index in [9.17, 15) is 4.79 Å². The van der Waals surface area contributed by atoms with Gasteiger partial charge in [-0.3, -0.25) is 4.79 Å². The average molecular weight is 284 g/mol. The van der Waals surface area contributed by atoms with E-state index in [0.29, 0.717) is 36.7 Å². The Balaban J connectivity index is 3.05. The van der Waals surface area contributed by atoms with Crippen LogP contribution in [0.2, 0.25) is 0 Å². The molecule has 0 aliphatic rings. The van der Waals surface area contributed by atoms with Crippen molar-refractivity contribution in [1.29, 1.82) is 5.26 Å². The van der Waals surface area contributed by atoms with Crippen LogP contribution in [-0.2, 0) is 0 Å². The molecule has 0 atom stereocenters. The van der Waals surface area contributed by atoms with Crippen LogP contribution in [0.5, 0.6) is 0 Å². The lowest BCUT2D eigenvalue weighted by Crippen LogP contribution is -2.36. The van der Waals surface area contributed by atoms with Crippen molar-refractivity contribution in [3.8, 4) is 17.9 Å². The molecule has 1 rings (SSSR count). The summed E-state index contributed by atoms with van der Waals surface area (Å²) in [6.07, 6.45) is 1.87. The Labute approximate surface area is 125 Å². The lowest BCUT2D eigenvalue weighted by atomic mass is 10.1. The maximum Gasteiger partial charge on any atom is 0.273 e. The molecule has 0 bridgehead atoms.